The van der Waals surface area contributed by atoms with Crippen molar-refractivity contribution in [3.63, 3.8) is 0 Å². The first-order chi connectivity index (χ1) is 14.9. The van der Waals surface area contributed by atoms with Crippen molar-refractivity contribution in [1.82, 2.24) is 16.0 Å². The first-order valence-electron chi connectivity index (χ1n) is 10.8. The smallest absolute Gasteiger partial charge is 0.326 e. The normalized spacial score (nSPS) is 14.6. The van der Waals surface area contributed by atoms with E-state index in [0.29, 0.717) is 32.2 Å². The number of carboxylic acids is 1. The van der Waals surface area contributed by atoms with Gasteiger partial charge in [0.1, 0.15) is 12.1 Å². The average molecular weight is 458 g/mol. The van der Waals surface area contributed by atoms with E-state index in [4.69, 9.17) is 17.2 Å². The number of carbonyl (C=O) groups excluding carboxylic acids is 3. The highest BCUT2D eigenvalue weighted by Crippen LogP contribution is 2.10. The van der Waals surface area contributed by atoms with Gasteiger partial charge in [0.15, 0.2) is 5.96 Å². The number of nitrogens with two attached hydrogens (primary N) is 3. The number of aliphatic carboxylic acids is 1. The number of nitrogens with zero attached hydrogens (tertiary/aromatic N) is 1. The predicted molar refractivity (Wildman–Crippen MR) is 121 cm³/mol. The maximum Gasteiger partial charge on any atom is 0.326 e. The van der Waals surface area contributed by atoms with Crippen LogP contribution in [0.1, 0.15) is 53.4 Å². The van der Waals surface area contributed by atoms with Gasteiger partial charge in [-0.1, -0.05) is 34.1 Å². The zero-order valence-electron chi connectivity index (χ0n) is 19.4. The van der Waals surface area contributed by atoms with E-state index in [9.17, 15) is 24.3 Å². The fourth-order valence-electron chi connectivity index (χ4n) is 2.83. The lowest BCUT2D eigenvalue weighted by atomic mass is 9.97. The summed E-state index contributed by atoms with van der Waals surface area (Å²) in [5.74, 6) is -3.07. The molecule has 12 heteroatoms. The van der Waals surface area contributed by atoms with E-state index in [1.54, 1.807) is 6.92 Å². The highest BCUT2D eigenvalue weighted by molar-refractivity contribution is 5.92. The van der Waals surface area contributed by atoms with Crippen molar-refractivity contribution in [3.8, 4) is 0 Å². The van der Waals surface area contributed by atoms with Gasteiger partial charge in [-0.05, 0) is 31.1 Å². The van der Waals surface area contributed by atoms with Crippen molar-refractivity contribution in [2.75, 3.05) is 13.1 Å². The van der Waals surface area contributed by atoms with Crippen LogP contribution in [0.5, 0.6) is 0 Å². The van der Waals surface area contributed by atoms with Crippen molar-refractivity contribution < 1.29 is 24.3 Å². The maximum absolute atomic E-state index is 12.7. The molecule has 3 amide bonds. The molecule has 4 atom stereocenters. The lowest BCUT2D eigenvalue weighted by Crippen LogP contribution is -2.55. The summed E-state index contributed by atoms with van der Waals surface area (Å²) in [6.45, 7) is 7.28. The van der Waals surface area contributed by atoms with Gasteiger partial charge in [0.2, 0.25) is 17.7 Å². The number of guanidine groups is 1. The zero-order valence-corrected chi connectivity index (χ0v) is 19.4. The second kappa shape index (κ2) is 15.0. The van der Waals surface area contributed by atoms with Gasteiger partial charge < -0.3 is 38.3 Å². The zero-order chi connectivity index (χ0) is 24.8. The minimum absolute atomic E-state index is 0.0430. The first-order valence-corrected chi connectivity index (χ1v) is 10.8. The fourth-order valence-corrected chi connectivity index (χ4v) is 2.83. The number of amides is 3. The third-order valence-corrected chi connectivity index (χ3v) is 4.86. The average Bonchev–Trinajstić information content (AvgIpc) is 2.71. The van der Waals surface area contributed by atoms with E-state index in [1.807, 2.05) is 20.8 Å². The molecule has 10 N–H and O–H groups in total. The van der Waals surface area contributed by atoms with Crippen LogP contribution < -0.4 is 33.2 Å². The molecule has 184 valence electrons. The molecule has 0 aromatic heterocycles. The molecule has 0 aromatic rings. The Hall–Kier alpha value is -2.89. The van der Waals surface area contributed by atoms with Gasteiger partial charge in [-0.15, -0.1) is 0 Å². The second-order valence-electron chi connectivity index (χ2n) is 8.23. The molecule has 0 rings (SSSR count). The number of rotatable bonds is 15. The van der Waals surface area contributed by atoms with Gasteiger partial charge in [0.25, 0.3) is 0 Å². The molecule has 0 saturated heterocycles. The summed E-state index contributed by atoms with van der Waals surface area (Å²) in [6.07, 6.45) is 1.70. The van der Waals surface area contributed by atoms with E-state index < -0.39 is 41.8 Å². The molecule has 0 aliphatic rings. The molecule has 0 aliphatic carbocycles. The molecular weight excluding hydrogens is 418 g/mol. The van der Waals surface area contributed by atoms with Gasteiger partial charge in [-0.25, -0.2) is 4.79 Å². The van der Waals surface area contributed by atoms with Crippen LogP contribution >= 0.6 is 0 Å². The molecule has 4 unspecified atom stereocenters. The Morgan fingerprint density at radius 3 is 2.16 bits per heavy atom. The van der Waals surface area contributed by atoms with E-state index in [1.165, 1.54) is 0 Å². The Kier molecular flexibility index (Phi) is 13.6. The monoisotopic (exact) mass is 457 g/mol. The number of aliphatic imine (C=N–C) groups is 1. The summed E-state index contributed by atoms with van der Waals surface area (Å²) in [7, 11) is 0. The number of carbonyl (C=O) groups is 4. The van der Waals surface area contributed by atoms with Crippen molar-refractivity contribution in [2.24, 2.45) is 34.0 Å². The molecular formula is C20H39N7O5. The molecule has 12 nitrogen and oxygen atoms in total. The van der Waals surface area contributed by atoms with Crippen LogP contribution in [0.2, 0.25) is 0 Å². The Balaban J connectivity index is 4.80. The minimum atomic E-state index is -1.14. The molecule has 0 aliphatic heterocycles. The van der Waals surface area contributed by atoms with Crippen molar-refractivity contribution in [2.45, 2.75) is 71.5 Å². The summed E-state index contributed by atoms with van der Waals surface area (Å²) in [6, 6.07) is -2.83. The highest BCUT2D eigenvalue weighted by Gasteiger charge is 2.30. The fraction of sp³-hybridized carbons (Fsp3) is 0.750. The Labute approximate surface area is 189 Å². The van der Waals surface area contributed by atoms with Crippen LogP contribution in [-0.4, -0.2) is 66.0 Å². The van der Waals surface area contributed by atoms with Gasteiger partial charge in [0, 0.05) is 6.54 Å². The maximum atomic E-state index is 12.7. The third kappa shape index (κ3) is 12.1. The lowest BCUT2D eigenvalue weighted by Gasteiger charge is -2.25. The predicted octanol–water partition coefficient (Wildman–Crippen LogP) is -1.37. The van der Waals surface area contributed by atoms with Crippen LogP contribution in [-0.2, 0) is 19.2 Å². The summed E-state index contributed by atoms with van der Waals surface area (Å²) in [4.78, 5) is 52.3. The van der Waals surface area contributed by atoms with Crippen molar-refractivity contribution in [1.29, 1.82) is 0 Å². The number of hydrogen-bond acceptors (Lipinski definition) is 6. The van der Waals surface area contributed by atoms with E-state index in [0.717, 1.165) is 0 Å². The van der Waals surface area contributed by atoms with Crippen molar-refractivity contribution >= 4 is 29.7 Å². The van der Waals surface area contributed by atoms with Gasteiger partial charge in [0.05, 0.1) is 12.6 Å². The van der Waals surface area contributed by atoms with Crippen LogP contribution in [0, 0.1) is 11.8 Å². The summed E-state index contributed by atoms with van der Waals surface area (Å²) in [5, 5.41) is 16.9. The van der Waals surface area contributed by atoms with Crippen molar-refractivity contribution in [3.05, 3.63) is 0 Å². The van der Waals surface area contributed by atoms with Crippen LogP contribution in [0.4, 0.5) is 0 Å². The molecule has 32 heavy (non-hydrogen) atoms. The summed E-state index contributed by atoms with van der Waals surface area (Å²) in [5.41, 5.74) is 16.2. The Morgan fingerprint density at radius 1 is 1.03 bits per heavy atom. The quantitative estimate of drug-likeness (QED) is 0.0882. The van der Waals surface area contributed by atoms with Crippen LogP contribution in [0.3, 0.4) is 0 Å². The lowest BCUT2D eigenvalue weighted by molar-refractivity contribution is -0.143. The molecule has 0 fully saturated rings. The summed E-state index contributed by atoms with van der Waals surface area (Å²) >= 11 is 0. The van der Waals surface area contributed by atoms with Crippen LogP contribution in [0.25, 0.3) is 0 Å². The molecule has 0 saturated carbocycles. The number of carboxylic acid groups (broad SMARTS) is 1. The highest BCUT2D eigenvalue weighted by atomic mass is 16.4. The standard InChI is InChI=1S/C20H39N7O5/c1-5-12(4)16(19(31)32)27-18(30)14(9-11(2)3)26-15(28)10-25-17(29)13(21)7-6-8-24-20(22)23/h11-14,16H,5-10,21H2,1-4H3,(H,25,29)(H,26,28)(H,27,30)(H,31,32)(H4,22,23,24). The SMILES string of the molecule is CCC(C)C(NC(=O)C(CC(C)C)NC(=O)CNC(=O)C(N)CCCN=C(N)N)C(=O)O. The first kappa shape index (κ1) is 29.1. The second-order valence-corrected chi connectivity index (χ2v) is 8.23. The molecule has 0 bridgehead atoms. The van der Waals surface area contributed by atoms with E-state index >= 15 is 0 Å². The van der Waals surface area contributed by atoms with E-state index in [-0.39, 0.29) is 24.3 Å². The molecule has 0 aromatic carbocycles. The molecule has 0 radical (unpaired) electrons. The Morgan fingerprint density at radius 2 is 1.66 bits per heavy atom. The van der Waals surface area contributed by atoms with Crippen LogP contribution in [0.15, 0.2) is 4.99 Å². The van der Waals surface area contributed by atoms with Gasteiger partial charge in [-0.3, -0.25) is 19.4 Å². The topological polar surface area (TPSA) is 215 Å². The molecule has 0 heterocycles. The minimum Gasteiger partial charge on any atom is -0.480 e. The van der Waals surface area contributed by atoms with Gasteiger partial charge in [-0.2, -0.15) is 0 Å². The van der Waals surface area contributed by atoms with E-state index in [2.05, 4.69) is 20.9 Å². The Bertz CT molecular complexity index is 665. The van der Waals surface area contributed by atoms with Gasteiger partial charge >= 0.3 is 5.97 Å². The molecule has 0 spiro atoms. The number of nitrogens with one attached hydrogen (secondary N) is 3. The summed E-state index contributed by atoms with van der Waals surface area (Å²) < 4.78 is 0. The third-order valence-electron chi connectivity index (χ3n) is 4.86. The largest absolute Gasteiger partial charge is 0.480 e. The number of hydrogen-bond donors (Lipinski definition) is 7.